The van der Waals surface area contributed by atoms with E-state index >= 15 is 0 Å². The lowest BCUT2D eigenvalue weighted by Gasteiger charge is -2.17. The fraction of sp³-hybridized carbons (Fsp3) is 0.0625. The van der Waals surface area contributed by atoms with Crippen LogP contribution in [0.5, 0.6) is 0 Å². The van der Waals surface area contributed by atoms with Crippen LogP contribution in [0.25, 0.3) is 5.82 Å². The number of hydrogen-bond donors (Lipinski definition) is 2. The number of rotatable bonds is 4. The van der Waals surface area contributed by atoms with Crippen molar-refractivity contribution in [2.45, 2.75) is 6.17 Å². The maximum Gasteiger partial charge on any atom is 0.337 e. The third-order valence-corrected chi connectivity index (χ3v) is 3.42. The Bertz CT molecular complexity index is 900. The van der Waals surface area contributed by atoms with Gasteiger partial charge >= 0.3 is 5.97 Å². The Balaban J connectivity index is 1.79. The molecule has 1 atom stereocenters. The summed E-state index contributed by atoms with van der Waals surface area (Å²) in [5.41, 5.74) is -0.456. The van der Waals surface area contributed by atoms with Crippen molar-refractivity contribution in [3.63, 3.8) is 0 Å². The fourth-order valence-corrected chi connectivity index (χ4v) is 2.14. The monoisotopic (exact) mass is 341 g/mol. The number of hydrogen-bond acceptors (Lipinski definition) is 5. The summed E-state index contributed by atoms with van der Waals surface area (Å²) in [4.78, 5) is 27.4. The van der Waals surface area contributed by atoms with Crippen molar-refractivity contribution in [1.82, 2.24) is 25.1 Å². The topological polar surface area (TPSA) is 110 Å². The van der Waals surface area contributed by atoms with E-state index in [1.165, 1.54) is 12.4 Å². The van der Waals surface area contributed by atoms with Gasteiger partial charge in [0.2, 0.25) is 0 Å². The molecular formula is C16H12FN5O3. The van der Waals surface area contributed by atoms with Gasteiger partial charge in [-0.2, -0.15) is 0 Å². The van der Waals surface area contributed by atoms with Crippen LogP contribution in [-0.4, -0.2) is 42.9 Å². The minimum atomic E-state index is -1.58. The van der Waals surface area contributed by atoms with Gasteiger partial charge in [0.1, 0.15) is 12.5 Å². The molecule has 1 aliphatic carbocycles. The summed E-state index contributed by atoms with van der Waals surface area (Å²) in [6, 6.07) is 2.96. The maximum atomic E-state index is 13.7. The zero-order chi connectivity index (χ0) is 18.0. The standard InChI is InChI=1S/C16H12FN5O3/c1-9-6-10(16(24)25)13(7-11(9)17)19-15(23)12-2-3-14(21-20-12)22-5-4-18-8-22/h2-8,11H,1H2,(H,19,23)(H,24,25). The van der Waals surface area contributed by atoms with Crippen molar-refractivity contribution < 1.29 is 19.1 Å². The van der Waals surface area contributed by atoms with E-state index in [-0.39, 0.29) is 22.5 Å². The number of carboxylic acid groups (broad SMARTS) is 1. The number of carbonyl (C=O) groups excluding carboxylic acids is 1. The molecule has 2 aromatic rings. The third kappa shape index (κ3) is 3.34. The van der Waals surface area contributed by atoms with Gasteiger partial charge in [0.25, 0.3) is 5.91 Å². The van der Waals surface area contributed by atoms with Crippen LogP contribution in [0, 0.1) is 0 Å². The fourth-order valence-electron chi connectivity index (χ4n) is 2.14. The second kappa shape index (κ2) is 6.48. The maximum absolute atomic E-state index is 13.7. The Morgan fingerprint density at radius 2 is 2.12 bits per heavy atom. The van der Waals surface area contributed by atoms with E-state index in [0.29, 0.717) is 5.82 Å². The van der Waals surface area contributed by atoms with Crippen LogP contribution in [0.15, 0.2) is 66.4 Å². The first-order valence-corrected chi connectivity index (χ1v) is 7.09. The molecule has 8 nitrogen and oxygen atoms in total. The average Bonchev–Trinajstić information content (AvgIpc) is 3.12. The quantitative estimate of drug-likeness (QED) is 0.864. The minimum Gasteiger partial charge on any atom is -0.478 e. The van der Waals surface area contributed by atoms with Crippen LogP contribution >= 0.6 is 0 Å². The Labute approximate surface area is 141 Å². The Kier molecular flexibility index (Phi) is 4.21. The number of amides is 1. The third-order valence-electron chi connectivity index (χ3n) is 3.42. The Morgan fingerprint density at radius 3 is 2.72 bits per heavy atom. The molecule has 2 heterocycles. The van der Waals surface area contributed by atoms with E-state index in [0.717, 1.165) is 12.2 Å². The van der Waals surface area contributed by atoms with Crippen LogP contribution < -0.4 is 5.32 Å². The molecule has 0 aromatic carbocycles. The highest BCUT2D eigenvalue weighted by Crippen LogP contribution is 2.23. The highest BCUT2D eigenvalue weighted by Gasteiger charge is 2.24. The van der Waals surface area contributed by atoms with E-state index in [2.05, 4.69) is 27.1 Å². The molecule has 0 spiro atoms. The summed E-state index contributed by atoms with van der Waals surface area (Å²) in [5.74, 6) is -1.55. The molecule has 126 valence electrons. The lowest BCUT2D eigenvalue weighted by Crippen LogP contribution is -2.29. The van der Waals surface area contributed by atoms with Gasteiger partial charge < -0.3 is 10.4 Å². The molecule has 0 bridgehead atoms. The van der Waals surface area contributed by atoms with Crippen molar-refractivity contribution >= 4 is 11.9 Å². The van der Waals surface area contributed by atoms with E-state index in [1.54, 1.807) is 23.0 Å². The molecular weight excluding hydrogens is 329 g/mol. The van der Waals surface area contributed by atoms with Crippen molar-refractivity contribution in [3.05, 3.63) is 72.1 Å². The zero-order valence-corrected chi connectivity index (χ0v) is 12.8. The average molecular weight is 341 g/mol. The molecule has 25 heavy (non-hydrogen) atoms. The minimum absolute atomic E-state index is 0.000115. The molecule has 1 aliphatic rings. The van der Waals surface area contributed by atoms with Crippen LogP contribution in [0.1, 0.15) is 10.5 Å². The lowest BCUT2D eigenvalue weighted by atomic mass is 9.98. The highest BCUT2D eigenvalue weighted by atomic mass is 19.1. The van der Waals surface area contributed by atoms with Crippen LogP contribution in [0.2, 0.25) is 0 Å². The number of carboxylic acids is 1. The molecule has 1 unspecified atom stereocenters. The van der Waals surface area contributed by atoms with Gasteiger partial charge in [0.05, 0.1) is 11.3 Å². The van der Waals surface area contributed by atoms with E-state index in [9.17, 15) is 19.1 Å². The molecule has 0 aliphatic heterocycles. The van der Waals surface area contributed by atoms with Gasteiger partial charge in [-0.1, -0.05) is 6.58 Å². The van der Waals surface area contributed by atoms with Gasteiger partial charge in [0, 0.05) is 12.4 Å². The number of nitrogens with one attached hydrogen (secondary N) is 1. The van der Waals surface area contributed by atoms with Crippen LogP contribution in [0.3, 0.4) is 0 Å². The summed E-state index contributed by atoms with van der Waals surface area (Å²) in [5, 5.41) is 19.2. The zero-order valence-electron chi connectivity index (χ0n) is 12.8. The lowest BCUT2D eigenvalue weighted by molar-refractivity contribution is -0.132. The number of halogens is 1. The number of aromatic nitrogens is 4. The second-order valence-corrected chi connectivity index (χ2v) is 5.12. The predicted molar refractivity (Wildman–Crippen MR) is 84.5 cm³/mol. The number of carbonyl (C=O) groups is 2. The first-order valence-electron chi connectivity index (χ1n) is 7.09. The first-order chi connectivity index (χ1) is 12.0. The van der Waals surface area contributed by atoms with Crippen molar-refractivity contribution in [2.24, 2.45) is 0 Å². The van der Waals surface area contributed by atoms with Crippen molar-refractivity contribution in [1.29, 1.82) is 0 Å². The van der Waals surface area contributed by atoms with E-state index < -0.39 is 18.0 Å². The molecule has 0 saturated carbocycles. The summed E-state index contributed by atoms with van der Waals surface area (Å²) in [6.07, 6.45) is 5.24. The van der Waals surface area contributed by atoms with Gasteiger partial charge in [-0.05, 0) is 29.9 Å². The van der Waals surface area contributed by atoms with Crippen molar-refractivity contribution in [3.8, 4) is 5.82 Å². The predicted octanol–water partition coefficient (Wildman–Crippen LogP) is 1.19. The molecule has 9 heteroatoms. The largest absolute Gasteiger partial charge is 0.478 e. The van der Waals surface area contributed by atoms with Gasteiger partial charge in [-0.15, -0.1) is 10.2 Å². The summed E-state index contributed by atoms with van der Waals surface area (Å²) < 4.78 is 15.3. The number of allylic oxidation sites excluding steroid dienone is 3. The smallest absolute Gasteiger partial charge is 0.337 e. The van der Waals surface area contributed by atoms with E-state index in [1.807, 2.05) is 0 Å². The van der Waals surface area contributed by atoms with Crippen LogP contribution in [-0.2, 0) is 4.79 Å². The molecule has 0 fully saturated rings. The first kappa shape index (κ1) is 16.2. The van der Waals surface area contributed by atoms with Gasteiger partial charge in [0.15, 0.2) is 11.5 Å². The number of alkyl halides is 1. The molecule has 2 aromatic heterocycles. The van der Waals surface area contributed by atoms with E-state index in [4.69, 9.17) is 0 Å². The van der Waals surface area contributed by atoms with Crippen LogP contribution in [0.4, 0.5) is 4.39 Å². The molecule has 3 rings (SSSR count). The summed E-state index contributed by atoms with van der Waals surface area (Å²) >= 11 is 0. The highest BCUT2D eigenvalue weighted by molar-refractivity contribution is 5.98. The number of aliphatic carboxylic acids is 1. The molecule has 1 amide bonds. The number of imidazole rings is 1. The number of nitrogens with zero attached hydrogens (tertiary/aromatic N) is 4. The van der Waals surface area contributed by atoms with Gasteiger partial charge in [-0.25, -0.2) is 14.2 Å². The normalized spacial score (nSPS) is 16.8. The second-order valence-electron chi connectivity index (χ2n) is 5.12. The molecule has 0 saturated heterocycles. The molecule has 0 radical (unpaired) electrons. The van der Waals surface area contributed by atoms with Gasteiger partial charge in [-0.3, -0.25) is 9.36 Å². The SMILES string of the molecule is C=C1C=C(C(=O)O)C(NC(=O)c2ccc(-n3ccnc3)nn2)=CC1F. The molecule has 2 N–H and O–H groups in total. The summed E-state index contributed by atoms with van der Waals surface area (Å²) in [6.45, 7) is 3.43. The Morgan fingerprint density at radius 1 is 1.32 bits per heavy atom. The van der Waals surface area contributed by atoms with Crippen molar-refractivity contribution in [2.75, 3.05) is 0 Å². The summed E-state index contributed by atoms with van der Waals surface area (Å²) in [7, 11) is 0. The Hall–Kier alpha value is -3.62.